The van der Waals surface area contributed by atoms with E-state index in [9.17, 15) is 9.59 Å². The molecule has 3 aromatic rings. The van der Waals surface area contributed by atoms with Crippen LogP contribution >= 0.6 is 11.8 Å². The molecule has 2 N–H and O–H groups in total. The summed E-state index contributed by atoms with van der Waals surface area (Å²) in [5, 5.41) is 5.54. The molecule has 0 aliphatic carbocycles. The number of carbonyl (C=O) groups excluding carboxylic acids is 2. The van der Waals surface area contributed by atoms with Gasteiger partial charge in [-0.05, 0) is 43.7 Å². The Kier molecular flexibility index (Phi) is 7.63. The normalized spacial score (nSPS) is 12.6. The lowest BCUT2D eigenvalue weighted by Gasteiger charge is -2.21. The number of benzene rings is 2. The third-order valence-corrected chi connectivity index (χ3v) is 5.71. The number of hydrogen-bond donors (Lipinski definition) is 2. The first-order chi connectivity index (χ1) is 14.5. The molecule has 2 aromatic carbocycles. The number of nitrogens with one attached hydrogen (secondary N) is 2. The molecule has 0 aliphatic heterocycles. The van der Waals surface area contributed by atoms with E-state index in [4.69, 9.17) is 0 Å². The van der Waals surface area contributed by atoms with E-state index in [1.165, 1.54) is 11.8 Å². The van der Waals surface area contributed by atoms with Gasteiger partial charge in [-0.25, -0.2) is 0 Å². The largest absolute Gasteiger partial charge is 0.343 e. The topological polar surface area (TPSA) is 71.1 Å². The highest BCUT2D eigenvalue weighted by atomic mass is 32.2. The Morgan fingerprint density at radius 2 is 1.67 bits per heavy atom. The number of anilines is 1. The third-order valence-electron chi connectivity index (χ3n) is 4.57. The van der Waals surface area contributed by atoms with Gasteiger partial charge < -0.3 is 10.6 Å². The molecule has 0 bridgehead atoms. The maximum Gasteiger partial charge on any atom is 0.234 e. The summed E-state index contributed by atoms with van der Waals surface area (Å²) in [5.41, 5.74) is 3.61. The first-order valence-corrected chi connectivity index (χ1v) is 10.8. The molecule has 1 aromatic heterocycles. The molecule has 1 heterocycles. The Hall–Kier alpha value is -3.12. The molecule has 0 spiro atoms. The zero-order valence-corrected chi connectivity index (χ0v) is 17.9. The van der Waals surface area contributed by atoms with Crippen molar-refractivity contribution in [2.45, 2.75) is 25.1 Å². The molecule has 2 unspecified atom stereocenters. The minimum atomic E-state index is -0.385. The highest BCUT2D eigenvalue weighted by Gasteiger charge is 2.22. The van der Waals surface area contributed by atoms with Gasteiger partial charge in [0.15, 0.2) is 0 Å². The standard InChI is InChI=1S/C24H25N3O2S/c1-17-11-13-20(14-12-17)26-22(28)16-30-18(2)24(29)27-23(19-8-4-3-5-9-19)21-10-6-7-15-25-21/h3-15,18,23H,16H2,1-2H3,(H,26,28)(H,27,29). The number of aromatic nitrogens is 1. The van der Waals surface area contributed by atoms with Gasteiger partial charge in [0.1, 0.15) is 0 Å². The fourth-order valence-electron chi connectivity index (χ4n) is 2.89. The van der Waals surface area contributed by atoms with Crippen LogP contribution in [0.25, 0.3) is 0 Å². The summed E-state index contributed by atoms with van der Waals surface area (Å²) in [6.45, 7) is 3.80. The Labute approximate surface area is 181 Å². The monoisotopic (exact) mass is 419 g/mol. The van der Waals surface area contributed by atoms with Crippen LogP contribution in [-0.2, 0) is 9.59 Å². The number of rotatable bonds is 8. The first kappa shape index (κ1) is 21.6. The van der Waals surface area contributed by atoms with Crippen molar-refractivity contribution in [3.8, 4) is 0 Å². The van der Waals surface area contributed by atoms with Crippen LogP contribution in [0.3, 0.4) is 0 Å². The van der Waals surface area contributed by atoms with Crippen LogP contribution in [0.5, 0.6) is 0 Å². The van der Waals surface area contributed by atoms with Gasteiger partial charge in [0.05, 0.1) is 22.7 Å². The van der Waals surface area contributed by atoms with Crippen LogP contribution in [0.15, 0.2) is 79.0 Å². The molecule has 2 amide bonds. The summed E-state index contributed by atoms with van der Waals surface area (Å²) >= 11 is 1.30. The molecular formula is C24H25N3O2S. The van der Waals surface area contributed by atoms with Crippen molar-refractivity contribution in [3.63, 3.8) is 0 Å². The number of thioether (sulfide) groups is 1. The highest BCUT2D eigenvalue weighted by molar-refractivity contribution is 8.01. The molecule has 5 nitrogen and oxygen atoms in total. The van der Waals surface area contributed by atoms with Crippen LogP contribution < -0.4 is 10.6 Å². The van der Waals surface area contributed by atoms with Crippen molar-refractivity contribution < 1.29 is 9.59 Å². The van der Waals surface area contributed by atoms with Crippen LogP contribution in [0, 0.1) is 6.92 Å². The van der Waals surface area contributed by atoms with Gasteiger partial charge >= 0.3 is 0 Å². The summed E-state index contributed by atoms with van der Waals surface area (Å²) in [7, 11) is 0. The van der Waals surface area contributed by atoms with Crippen molar-refractivity contribution in [3.05, 3.63) is 95.8 Å². The molecule has 0 fully saturated rings. The number of pyridine rings is 1. The maximum absolute atomic E-state index is 12.8. The average Bonchev–Trinajstić information content (AvgIpc) is 2.78. The molecular weight excluding hydrogens is 394 g/mol. The Morgan fingerprint density at radius 1 is 0.967 bits per heavy atom. The van der Waals surface area contributed by atoms with Gasteiger partial charge in [0.25, 0.3) is 0 Å². The molecule has 3 rings (SSSR count). The SMILES string of the molecule is Cc1ccc(NC(=O)CSC(C)C(=O)NC(c2ccccc2)c2ccccn2)cc1. The van der Waals surface area contributed by atoms with E-state index in [1.54, 1.807) is 13.1 Å². The summed E-state index contributed by atoms with van der Waals surface area (Å²) < 4.78 is 0. The van der Waals surface area contributed by atoms with Crippen molar-refractivity contribution in [1.82, 2.24) is 10.3 Å². The molecule has 0 aliphatic rings. The van der Waals surface area contributed by atoms with E-state index in [2.05, 4.69) is 15.6 Å². The molecule has 154 valence electrons. The number of aryl methyl sites for hydroxylation is 1. The second-order valence-electron chi connectivity index (χ2n) is 6.97. The minimum absolute atomic E-state index is 0.132. The van der Waals surface area contributed by atoms with Gasteiger partial charge in [-0.1, -0.05) is 54.1 Å². The molecule has 0 saturated carbocycles. The molecule has 0 radical (unpaired) electrons. The van der Waals surface area contributed by atoms with Gasteiger partial charge in [0, 0.05) is 11.9 Å². The van der Waals surface area contributed by atoms with Crippen molar-refractivity contribution in [2.24, 2.45) is 0 Å². The second kappa shape index (κ2) is 10.6. The predicted molar refractivity (Wildman–Crippen MR) is 122 cm³/mol. The van der Waals surface area contributed by atoms with Gasteiger partial charge in [-0.3, -0.25) is 14.6 Å². The van der Waals surface area contributed by atoms with Crippen LogP contribution in [0.1, 0.15) is 29.8 Å². The number of hydrogen-bond acceptors (Lipinski definition) is 4. The Balaban J connectivity index is 1.58. The fourth-order valence-corrected chi connectivity index (χ4v) is 3.58. The molecule has 6 heteroatoms. The summed E-state index contributed by atoms with van der Waals surface area (Å²) in [4.78, 5) is 29.4. The third kappa shape index (κ3) is 6.19. The van der Waals surface area contributed by atoms with Crippen molar-refractivity contribution >= 4 is 29.3 Å². The van der Waals surface area contributed by atoms with Gasteiger partial charge in [-0.2, -0.15) is 0 Å². The molecule has 30 heavy (non-hydrogen) atoms. The molecule has 2 atom stereocenters. The summed E-state index contributed by atoms with van der Waals surface area (Å²) in [5.74, 6) is -0.0716. The van der Waals surface area contributed by atoms with E-state index in [0.29, 0.717) is 0 Å². The first-order valence-electron chi connectivity index (χ1n) is 9.77. The summed E-state index contributed by atoms with van der Waals surface area (Å²) in [6, 6.07) is 22.7. The van der Waals surface area contributed by atoms with E-state index < -0.39 is 0 Å². The van der Waals surface area contributed by atoms with Crippen LogP contribution in [0.4, 0.5) is 5.69 Å². The van der Waals surface area contributed by atoms with Crippen molar-refractivity contribution in [2.75, 3.05) is 11.1 Å². The lowest BCUT2D eigenvalue weighted by molar-refractivity contribution is -0.120. The van der Waals surface area contributed by atoms with E-state index in [-0.39, 0.29) is 28.9 Å². The van der Waals surface area contributed by atoms with Gasteiger partial charge in [0.2, 0.25) is 11.8 Å². The second-order valence-corrected chi connectivity index (χ2v) is 8.30. The Morgan fingerprint density at radius 3 is 2.33 bits per heavy atom. The quantitative estimate of drug-likeness (QED) is 0.569. The van der Waals surface area contributed by atoms with E-state index >= 15 is 0 Å². The maximum atomic E-state index is 12.8. The van der Waals surface area contributed by atoms with E-state index in [0.717, 1.165) is 22.5 Å². The average molecular weight is 420 g/mol. The van der Waals surface area contributed by atoms with Crippen LogP contribution in [0.2, 0.25) is 0 Å². The van der Waals surface area contributed by atoms with Gasteiger partial charge in [-0.15, -0.1) is 11.8 Å². The number of amides is 2. The van der Waals surface area contributed by atoms with E-state index in [1.807, 2.05) is 79.7 Å². The minimum Gasteiger partial charge on any atom is -0.343 e. The lowest BCUT2D eigenvalue weighted by atomic mass is 10.0. The molecule has 0 saturated heterocycles. The Bertz CT molecular complexity index is 923. The van der Waals surface area contributed by atoms with Crippen molar-refractivity contribution in [1.29, 1.82) is 0 Å². The van der Waals surface area contributed by atoms with Crippen LogP contribution in [-0.4, -0.2) is 27.8 Å². The zero-order valence-electron chi connectivity index (χ0n) is 17.0. The highest BCUT2D eigenvalue weighted by Crippen LogP contribution is 2.21. The fraction of sp³-hybridized carbons (Fsp3) is 0.208. The number of nitrogens with zero attached hydrogens (tertiary/aromatic N) is 1. The number of carbonyl (C=O) groups is 2. The lowest BCUT2D eigenvalue weighted by Crippen LogP contribution is -2.35. The predicted octanol–water partition coefficient (Wildman–Crippen LogP) is 4.36. The zero-order chi connectivity index (χ0) is 21.3. The summed E-state index contributed by atoms with van der Waals surface area (Å²) in [6.07, 6.45) is 1.71. The smallest absolute Gasteiger partial charge is 0.234 e.